The summed E-state index contributed by atoms with van der Waals surface area (Å²) in [6.07, 6.45) is 12.9. The van der Waals surface area contributed by atoms with Crippen LogP contribution >= 0.6 is 0 Å². The molecule has 1 nitrogen and oxygen atoms in total. The van der Waals surface area contributed by atoms with E-state index in [-0.39, 0.29) is 0 Å². The van der Waals surface area contributed by atoms with Crippen molar-refractivity contribution in [1.82, 2.24) is 0 Å². The number of benzene rings is 3. The number of rotatable bonds is 3. The molecular weight excluding hydrogens is 362 g/mol. The molecule has 0 heterocycles. The Balaban J connectivity index is 1.72. The molecule has 3 aromatic rings. The monoisotopic (exact) mass is 388 g/mol. The van der Waals surface area contributed by atoms with Crippen molar-refractivity contribution in [2.45, 2.75) is 0 Å². The minimum atomic E-state index is 1.19. The lowest BCUT2D eigenvalue weighted by Gasteiger charge is -2.09. The molecule has 0 atom stereocenters. The molecule has 1 heteroatoms. The van der Waals surface area contributed by atoms with Gasteiger partial charge in [-0.05, 0) is 44.9 Å². The van der Waals surface area contributed by atoms with Crippen LogP contribution in [-0.4, -0.2) is 24.4 Å². The van der Waals surface area contributed by atoms with Crippen molar-refractivity contribution in [1.29, 1.82) is 0 Å². The molecule has 3 aromatic carbocycles. The van der Waals surface area contributed by atoms with Crippen molar-refractivity contribution in [2.24, 2.45) is 0 Å². The van der Waals surface area contributed by atoms with Gasteiger partial charge in [-0.2, -0.15) is 0 Å². The zero-order valence-electron chi connectivity index (χ0n) is 17.5. The van der Waals surface area contributed by atoms with Crippen LogP contribution in [0.4, 0.5) is 0 Å². The van der Waals surface area contributed by atoms with Crippen LogP contribution in [0.1, 0.15) is 11.1 Å². The maximum absolute atomic E-state index is 2.21. The van der Waals surface area contributed by atoms with Crippen molar-refractivity contribution in [3.8, 4) is 0 Å². The molecule has 0 fully saturated rings. The third kappa shape index (κ3) is 4.64. The van der Waals surface area contributed by atoms with Gasteiger partial charge in [0.05, 0.1) is 0 Å². The van der Waals surface area contributed by atoms with Gasteiger partial charge in [0, 0.05) is 12.2 Å². The van der Waals surface area contributed by atoms with E-state index in [4.69, 9.17) is 0 Å². The van der Waals surface area contributed by atoms with E-state index >= 15 is 0 Å². The Morgan fingerprint density at radius 2 is 1.13 bits per heavy atom. The Bertz CT molecular complexity index is 1180. The average molecular weight is 389 g/mol. The van der Waals surface area contributed by atoms with E-state index in [1.54, 1.807) is 0 Å². The van der Waals surface area contributed by atoms with Gasteiger partial charge in [-0.1, -0.05) is 97.1 Å². The van der Waals surface area contributed by atoms with Crippen LogP contribution < -0.4 is 10.4 Å². The lowest BCUT2D eigenvalue weighted by molar-refractivity contribution is -0.462. The van der Waals surface area contributed by atoms with Crippen LogP contribution in [0, 0.1) is 0 Å². The van der Waals surface area contributed by atoms with Gasteiger partial charge in [-0.15, -0.1) is 0 Å². The minimum Gasteiger partial charge on any atom is -0.235 e. The first-order chi connectivity index (χ1) is 14.7. The molecule has 0 bridgehead atoms. The molecule has 0 amide bonds. The standard InChI is InChI=1S/C29H26N/c1-30(2)28-21-17-24(18-22-28)14-13-23-15-19-27(20-16-23)29(25-9-5-3-6-10-25)26-11-7-4-8-12-26/h3-22H,1-2H3/q+1. The summed E-state index contributed by atoms with van der Waals surface area (Å²) in [7, 11) is 4.12. The lowest BCUT2D eigenvalue weighted by atomic mass is 9.95. The molecule has 0 spiro atoms. The highest BCUT2D eigenvalue weighted by Crippen LogP contribution is 2.20. The van der Waals surface area contributed by atoms with E-state index in [0.29, 0.717) is 0 Å². The SMILES string of the molecule is C[N+](C)=C1C=CC(=CC=c2ccc(=C(c3ccccc3)c3ccccc3)cc2)C=C1. The Morgan fingerprint density at radius 1 is 0.600 bits per heavy atom. The smallest absolute Gasteiger partial charge is 0.199 e. The van der Waals surface area contributed by atoms with Gasteiger partial charge in [0.1, 0.15) is 14.1 Å². The summed E-state index contributed by atoms with van der Waals surface area (Å²) in [5, 5.41) is 2.41. The average Bonchev–Trinajstić information content (AvgIpc) is 2.80. The molecule has 1 aliphatic rings. The summed E-state index contributed by atoms with van der Waals surface area (Å²) < 4.78 is 2.11. The quantitative estimate of drug-likeness (QED) is 0.582. The van der Waals surface area contributed by atoms with Gasteiger partial charge >= 0.3 is 0 Å². The first-order valence-corrected chi connectivity index (χ1v) is 10.2. The molecule has 1 aliphatic carbocycles. The summed E-state index contributed by atoms with van der Waals surface area (Å²) in [5.41, 5.74) is 6.12. The maximum atomic E-state index is 2.21. The summed E-state index contributed by atoms with van der Waals surface area (Å²) >= 11 is 0. The molecule has 0 radical (unpaired) electrons. The molecule has 4 rings (SSSR count). The van der Waals surface area contributed by atoms with Gasteiger partial charge in [0.15, 0.2) is 5.71 Å². The fraction of sp³-hybridized carbons (Fsp3) is 0.0690. The highest BCUT2D eigenvalue weighted by Gasteiger charge is 2.05. The lowest BCUT2D eigenvalue weighted by Crippen LogP contribution is -2.12. The number of hydrogen-bond donors (Lipinski definition) is 0. The van der Waals surface area contributed by atoms with E-state index in [2.05, 4.69) is 140 Å². The molecule has 146 valence electrons. The van der Waals surface area contributed by atoms with Crippen molar-refractivity contribution in [3.05, 3.63) is 142 Å². The zero-order chi connectivity index (χ0) is 20.8. The molecule has 0 N–H and O–H groups in total. The van der Waals surface area contributed by atoms with Crippen molar-refractivity contribution in [3.63, 3.8) is 0 Å². The second-order valence-electron chi connectivity index (χ2n) is 7.55. The third-order valence-corrected chi connectivity index (χ3v) is 5.20. The van der Waals surface area contributed by atoms with Gasteiger partial charge in [-0.3, -0.25) is 0 Å². The molecule has 0 unspecified atom stereocenters. The Labute approximate surface area is 178 Å². The highest BCUT2D eigenvalue weighted by molar-refractivity contribution is 6.02. The van der Waals surface area contributed by atoms with Crippen molar-refractivity contribution < 1.29 is 4.58 Å². The van der Waals surface area contributed by atoms with Crippen molar-refractivity contribution >= 4 is 17.4 Å². The first-order valence-electron chi connectivity index (χ1n) is 10.2. The number of hydrogen-bond acceptors (Lipinski definition) is 0. The van der Waals surface area contributed by atoms with Gasteiger partial charge in [-0.25, -0.2) is 4.58 Å². The van der Waals surface area contributed by atoms with E-state index in [0.717, 1.165) is 0 Å². The molecule has 0 aliphatic heterocycles. The molecule has 0 saturated carbocycles. The van der Waals surface area contributed by atoms with Gasteiger partial charge in [0.2, 0.25) is 0 Å². The second kappa shape index (κ2) is 9.19. The summed E-state index contributed by atoms with van der Waals surface area (Å²) in [4.78, 5) is 0. The van der Waals surface area contributed by atoms with E-state index in [9.17, 15) is 0 Å². The molecule has 0 aromatic heterocycles. The fourth-order valence-electron chi connectivity index (χ4n) is 3.55. The summed E-state index contributed by atoms with van der Waals surface area (Å²) in [6, 6.07) is 30.0. The third-order valence-electron chi connectivity index (χ3n) is 5.20. The minimum absolute atomic E-state index is 1.19. The van der Waals surface area contributed by atoms with E-state index in [1.165, 1.54) is 38.4 Å². The molecular formula is C29H26N+. The first kappa shape index (κ1) is 19.6. The topological polar surface area (TPSA) is 3.01 Å². The van der Waals surface area contributed by atoms with Crippen LogP contribution in [-0.2, 0) is 0 Å². The van der Waals surface area contributed by atoms with Crippen molar-refractivity contribution in [2.75, 3.05) is 14.1 Å². The Kier molecular flexibility index (Phi) is 6.01. The summed E-state index contributed by atoms with van der Waals surface area (Å²) in [6.45, 7) is 0. The largest absolute Gasteiger partial charge is 0.235 e. The number of allylic oxidation sites excluding steroid dienone is 6. The normalized spacial score (nSPS) is 12.6. The van der Waals surface area contributed by atoms with Crippen LogP contribution in [0.15, 0.2) is 121 Å². The Hall–Kier alpha value is -3.71. The summed E-state index contributed by atoms with van der Waals surface area (Å²) in [5.74, 6) is 0. The van der Waals surface area contributed by atoms with Gasteiger partial charge < -0.3 is 0 Å². The fourth-order valence-corrected chi connectivity index (χ4v) is 3.55. The van der Waals surface area contributed by atoms with Crippen LogP contribution in [0.3, 0.4) is 0 Å². The van der Waals surface area contributed by atoms with Crippen LogP contribution in [0.5, 0.6) is 0 Å². The van der Waals surface area contributed by atoms with Crippen LogP contribution in [0.25, 0.3) is 11.6 Å². The zero-order valence-corrected chi connectivity index (χ0v) is 17.5. The molecule has 30 heavy (non-hydrogen) atoms. The second-order valence-corrected chi connectivity index (χ2v) is 7.55. The predicted molar refractivity (Wildman–Crippen MR) is 128 cm³/mol. The van der Waals surface area contributed by atoms with E-state index in [1.807, 2.05) is 0 Å². The van der Waals surface area contributed by atoms with Crippen LogP contribution in [0.2, 0.25) is 0 Å². The Morgan fingerprint density at radius 3 is 1.63 bits per heavy atom. The van der Waals surface area contributed by atoms with E-state index < -0.39 is 0 Å². The van der Waals surface area contributed by atoms with Gasteiger partial charge in [0.25, 0.3) is 0 Å². The highest BCUT2D eigenvalue weighted by atomic mass is 14.9. The maximum Gasteiger partial charge on any atom is 0.199 e. The number of nitrogens with zero attached hydrogens (tertiary/aromatic N) is 1. The predicted octanol–water partition coefficient (Wildman–Crippen LogP) is 4.48. The molecule has 0 saturated heterocycles.